The van der Waals surface area contributed by atoms with E-state index < -0.39 is 5.97 Å². The summed E-state index contributed by atoms with van der Waals surface area (Å²) in [6.45, 7) is 7.34. The third-order valence-corrected chi connectivity index (χ3v) is 5.38. The van der Waals surface area contributed by atoms with Gasteiger partial charge < -0.3 is 19.7 Å². The van der Waals surface area contributed by atoms with Gasteiger partial charge in [-0.3, -0.25) is 9.69 Å². The molecule has 0 unspecified atom stereocenters. The van der Waals surface area contributed by atoms with Gasteiger partial charge >= 0.3 is 5.97 Å². The molecule has 6 nitrogen and oxygen atoms in total. The summed E-state index contributed by atoms with van der Waals surface area (Å²) in [6, 6.07) is 0.159. The standard InChI is InChI=1S/C19H35NO5/c1-14(2)25-17-13-16(21)19(20-9-11-24-12-10-20)15(17)7-5-3-4-6-8-18(22)23/h14-17,19,21H,3-13H2,1-2H3,(H,22,23)/t15-,16+,17-,19+/m1/s1. The molecule has 4 atom stereocenters. The number of aliphatic hydroxyl groups excluding tert-OH is 1. The Kier molecular flexibility index (Phi) is 8.62. The van der Waals surface area contributed by atoms with Crippen molar-refractivity contribution in [3.8, 4) is 0 Å². The van der Waals surface area contributed by atoms with Crippen LogP contribution in [0.15, 0.2) is 0 Å². The lowest BCUT2D eigenvalue weighted by molar-refractivity contribution is -0.137. The van der Waals surface area contributed by atoms with Crippen LogP contribution in [0.1, 0.15) is 58.8 Å². The molecule has 1 saturated heterocycles. The van der Waals surface area contributed by atoms with Gasteiger partial charge in [0.2, 0.25) is 0 Å². The molecule has 1 aliphatic carbocycles. The second kappa shape index (κ2) is 10.5. The Labute approximate surface area is 151 Å². The molecule has 0 radical (unpaired) electrons. The molecule has 2 fully saturated rings. The number of hydrogen-bond donors (Lipinski definition) is 2. The first-order valence-electron chi connectivity index (χ1n) is 9.86. The van der Waals surface area contributed by atoms with Gasteiger partial charge in [0.1, 0.15) is 0 Å². The van der Waals surface area contributed by atoms with Gasteiger partial charge in [-0.05, 0) is 26.7 Å². The van der Waals surface area contributed by atoms with Crippen molar-refractivity contribution in [1.82, 2.24) is 4.90 Å². The Morgan fingerprint density at radius 2 is 1.88 bits per heavy atom. The SMILES string of the molecule is CC(C)O[C@@H]1C[C@H](O)[C@@H](N2CCOCC2)[C@@H]1CCCCCCC(=O)O. The summed E-state index contributed by atoms with van der Waals surface area (Å²) in [5.74, 6) is -0.369. The summed E-state index contributed by atoms with van der Waals surface area (Å²) in [5.41, 5.74) is 0. The average molecular weight is 357 g/mol. The molecule has 2 rings (SSSR count). The topological polar surface area (TPSA) is 79.2 Å². The Balaban J connectivity index is 1.88. The van der Waals surface area contributed by atoms with Crippen molar-refractivity contribution in [2.75, 3.05) is 26.3 Å². The Bertz CT molecular complexity index is 397. The minimum atomic E-state index is -0.711. The number of rotatable bonds is 10. The van der Waals surface area contributed by atoms with Crippen LogP contribution < -0.4 is 0 Å². The van der Waals surface area contributed by atoms with Crippen LogP contribution in [0, 0.1) is 5.92 Å². The van der Waals surface area contributed by atoms with Crippen LogP contribution in [0.5, 0.6) is 0 Å². The lowest BCUT2D eigenvalue weighted by Crippen LogP contribution is -2.50. The largest absolute Gasteiger partial charge is 0.481 e. The van der Waals surface area contributed by atoms with Crippen LogP contribution in [0.4, 0.5) is 0 Å². The highest BCUT2D eigenvalue weighted by atomic mass is 16.5. The molecular weight excluding hydrogens is 322 g/mol. The first-order valence-corrected chi connectivity index (χ1v) is 9.86. The predicted octanol–water partition coefficient (Wildman–Crippen LogP) is 2.29. The number of unbranched alkanes of at least 4 members (excludes halogenated alkanes) is 3. The van der Waals surface area contributed by atoms with E-state index in [2.05, 4.69) is 18.7 Å². The van der Waals surface area contributed by atoms with E-state index in [-0.39, 0.29) is 30.8 Å². The number of carbonyl (C=O) groups is 1. The number of nitrogens with zero attached hydrogens (tertiary/aromatic N) is 1. The first-order chi connectivity index (χ1) is 12.0. The number of carboxylic acids is 1. The number of hydrogen-bond acceptors (Lipinski definition) is 5. The van der Waals surface area contributed by atoms with E-state index in [1.165, 1.54) is 0 Å². The van der Waals surface area contributed by atoms with Crippen LogP contribution in [-0.2, 0) is 14.3 Å². The highest BCUT2D eigenvalue weighted by Gasteiger charge is 2.46. The van der Waals surface area contributed by atoms with Gasteiger partial charge in [-0.1, -0.05) is 19.3 Å². The van der Waals surface area contributed by atoms with Gasteiger partial charge in [0.25, 0.3) is 0 Å². The summed E-state index contributed by atoms with van der Waals surface area (Å²) in [7, 11) is 0. The molecule has 1 saturated carbocycles. The molecule has 0 aromatic rings. The molecule has 0 bridgehead atoms. The van der Waals surface area contributed by atoms with Crippen LogP contribution in [0.3, 0.4) is 0 Å². The van der Waals surface area contributed by atoms with Crippen molar-refractivity contribution in [3.05, 3.63) is 0 Å². The zero-order chi connectivity index (χ0) is 18.2. The quantitative estimate of drug-likeness (QED) is 0.584. The molecule has 2 N–H and O–H groups in total. The molecular formula is C19H35NO5. The third-order valence-electron chi connectivity index (χ3n) is 5.38. The highest BCUT2D eigenvalue weighted by Crippen LogP contribution is 2.37. The molecule has 2 aliphatic rings. The monoisotopic (exact) mass is 357 g/mol. The summed E-state index contributed by atoms with van der Waals surface area (Å²) >= 11 is 0. The number of aliphatic hydroxyl groups is 1. The van der Waals surface area contributed by atoms with E-state index in [0.29, 0.717) is 12.3 Å². The van der Waals surface area contributed by atoms with E-state index in [1.54, 1.807) is 0 Å². The number of carboxylic acid groups (broad SMARTS) is 1. The normalized spacial score (nSPS) is 30.9. The maximum absolute atomic E-state index is 10.7. The summed E-state index contributed by atoms with van der Waals surface area (Å²) in [6.07, 6.45) is 5.77. The maximum atomic E-state index is 10.7. The van der Waals surface area contributed by atoms with Gasteiger partial charge in [0.05, 0.1) is 31.5 Å². The number of ether oxygens (including phenoxy) is 2. The van der Waals surface area contributed by atoms with Gasteiger partial charge in [-0.15, -0.1) is 0 Å². The van der Waals surface area contributed by atoms with Crippen molar-refractivity contribution in [1.29, 1.82) is 0 Å². The summed E-state index contributed by atoms with van der Waals surface area (Å²) < 4.78 is 11.6. The molecule has 0 amide bonds. The van der Waals surface area contributed by atoms with Gasteiger partial charge in [0.15, 0.2) is 0 Å². The van der Waals surface area contributed by atoms with Crippen LogP contribution in [-0.4, -0.2) is 71.7 Å². The molecule has 1 heterocycles. The van der Waals surface area contributed by atoms with E-state index in [9.17, 15) is 9.90 Å². The molecule has 6 heteroatoms. The third kappa shape index (κ3) is 6.51. The van der Waals surface area contributed by atoms with Crippen molar-refractivity contribution >= 4 is 5.97 Å². The maximum Gasteiger partial charge on any atom is 0.303 e. The van der Waals surface area contributed by atoms with Crippen molar-refractivity contribution in [2.45, 2.75) is 83.1 Å². The fraction of sp³-hybridized carbons (Fsp3) is 0.947. The Morgan fingerprint density at radius 3 is 2.52 bits per heavy atom. The Morgan fingerprint density at radius 1 is 1.20 bits per heavy atom. The van der Waals surface area contributed by atoms with Crippen LogP contribution >= 0.6 is 0 Å². The fourth-order valence-electron chi connectivity index (χ4n) is 4.32. The van der Waals surface area contributed by atoms with Crippen molar-refractivity contribution in [3.63, 3.8) is 0 Å². The molecule has 1 aliphatic heterocycles. The molecule has 0 aromatic carbocycles. The zero-order valence-electron chi connectivity index (χ0n) is 15.7. The van der Waals surface area contributed by atoms with E-state index in [4.69, 9.17) is 14.6 Å². The lowest BCUT2D eigenvalue weighted by atomic mass is 9.92. The number of aliphatic carboxylic acids is 1. The first kappa shape index (κ1) is 20.6. The fourth-order valence-corrected chi connectivity index (χ4v) is 4.32. The number of morpholine rings is 1. The minimum Gasteiger partial charge on any atom is -0.481 e. The van der Waals surface area contributed by atoms with Gasteiger partial charge in [-0.2, -0.15) is 0 Å². The summed E-state index contributed by atoms with van der Waals surface area (Å²) in [5, 5.41) is 19.4. The van der Waals surface area contributed by atoms with Gasteiger partial charge in [0, 0.05) is 37.9 Å². The van der Waals surface area contributed by atoms with Crippen molar-refractivity contribution < 1.29 is 24.5 Å². The van der Waals surface area contributed by atoms with Gasteiger partial charge in [-0.25, -0.2) is 0 Å². The second-order valence-corrected chi connectivity index (χ2v) is 7.68. The molecule has 25 heavy (non-hydrogen) atoms. The van der Waals surface area contributed by atoms with E-state index in [1.807, 2.05) is 0 Å². The summed E-state index contributed by atoms with van der Waals surface area (Å²) in [4.78, 5) is 13.0. The average Bonchev–Trinajstić information content (AvgIpc) is 2.86. The second-order valence-electron chi connectivity index (χ2n) is 7.68. The smallest absolute Gasteiger partial charge is 0.303 e. The van der Waals surface area contributed by atoms with E-state index >= 15 is 0 Å². The molecule has 0 spiro atoms. The highest BCUT2D eigenvalue weighted by molar-refractivity contribution is 5.66. The Hall–Kier alpha value is -0.690. The molecule has 0 aromatic heterocycles. The molecule has 146 valence electrons. The lowest BCUT2D eigenvalue weighted by Gasteiger charge is -2.38. The van der Waals surface area contributed by atoms with Crippen LogP contribution in [0.2, 0.25) is 0 Å². The predicted molar refractivity (Wildman–Crippen MR) is 95.6 cm³/mol. The van der Waals surface area contributed by atoms with Crippen molar-refractivity contribution in [2.24, 2.45) is 5.92 Å². The van der Waals surface area contributed by atoms with Crippen LogP contribution in [0.25, 0.3) is 0 Å². The van der Waals surface area contributed by atoms with E-state index in [0.717, 1.165) is 58.4 Å². The zero-order valence-corrected chi connectivity index (χ0v) is 15.7. The minimum absolute atomic E-state index is 0.113.